The van der Waals surface area contributed by atoms with E-state index in [1.165, 1.54) is 18.7 Å². The Bertz CT molecular complexity index is 623. The fourth-order valence-electron chi connectivity index (χ4n) is 1.59. The number of benzene rings is 1. The van der Waals surface area contributed by atoms with Crippen molar-refractivity contribution >= 4 is 11.6 Å². The zero-order chi connectivity index (χ0) is 15.2. The fraction of sp³-hybridized carbons (Fsp3) is 0.154. The Balaban J connectivity index is 2.09. The molecule has 1 amide bonds. The van der Waals surface area contributed by atoms with Gasteiger partial charge in [-0.15, -0.1) is 0 Å². The molecule has 0 aliphatic rings. The molecule has 1 N–H and O–H groups in total. The minimum absolute atomic E-state index is 0.0430. The van der Waals surface area contributed by atoms with Crippen molar-refractivity contribution in [2.45, 2.75) is 13.0 Å². The van der Waals surface area contributed by atoms with E-state index in [-0.39, 0.29) is 12.1 Å². The van der Waals surface area contributed by atoms with Crippen LogP contribution in [-0.4, -0.2) is 22.5 Å². The first-order valence-electron chi connectivity index (χ1n) is 5.82. The van der Waals surface area contributed by atoms with Gasteiger partial charge in [-0.2, -0.15) is 8.78 Å². The molecule has 0 atom stereocenters. The van der Waals surface area contributed by atoms with Crippen LogP contribution in [0.25, 0.3) is 0 Å². The Kier molecular flexibility index (Phi) is 4.70. The summed E-state index contributed by atoms with van der Waals surface area (Å²) < 4.78 is 41.7. The van der Waals surface area contributed by atoms with E-state index < -0.39 is 24.1 Å². The minimum atomic E-state index is -3.12. The lowest BCUT2D eigenvalue weighted by molar-refractivity contribution is -0.115. The molecule has 0 fully saturated rings. The molecular formula is C13H10F3N3O2. The van der Waals surface area contributed by atoms with Gasteiger partial charge in [0.25, 0.3) is 0 Å². The topological polar surface area (TPSA) is 64.1 Å². The minimum Gasteiger partial charge on any atom is -0.432 e. The number of hydrogen-bond donors (Lipinski definition) is 1. The summed E-state index contributed by atoms with van der Waals surface area (Å²) in [6, 6.07) is 2.94. The lowest BCUT2D eigenvalue weighted by Crippen LogP contribution is -2.16. The third kappa shape index (κ3) is 4.44. The first kappa shape index (κ1) is 14.8. The quantitative estimate of drug-likeness (QED) is 0.920. The Morgan fingerprint density at radius 1 is 1.29 bits per heavy atom. The predicted octanol–water partition coefficient (Wildman–Crippen LogP) is 2.40. The zero-order valence-corrected chi connectivity index (χ0v) is 10.6. The van der Waals surface area contributed by atoms with Gasteiger partial charge in [0, 0.05) is 18.5 Å². The summed E-state index contributed by atoms with van der Waals surface area (Å²) in [5, 5.41) is 2.37. The second-order valence-corrected chi connectivity index (χ2v) is 3.99. The predicted molar refractivity (Wildman–Crippen MR) is 67.4 cm³/mol. The summed E-state index contributed by atoms with van der Waals surface area (Å²) in [5.41, 5.74) is 0.506. The molecular weight excluding hydrogens is 287 g/mol. The highest BCUT2D eigenvalue weighted by Gasteiger charge is 2.13. The highest BCUT2D eigenvalue weighted by atomic mass is 19.3. The number of aromatic nitrogens is 2. The number of nitrogens with one attached hydrogen (secondary N) is 1. The number of rotatable bonds is 5. The molecule has 21 heavy (non-hydrogen) atoms. The smallest absolute Gasteiger partial charge is 0.387 e. The average molecular weight is 297 g/mol. The first-order valence-corrected chi connectivity index (χ1v) is 5.82. The van der Waals surface area contributed by atoms with Crippen molar-refractivity contribution in [3.63, 3.8) is 0 Å². The van der Waals surface area contributed by atoms with Gasteiger partial charge in [-0.1, -0.05) is 0 Å². The number of amides is 1. The van der Waals surface area contributed by atoms with E-state index in [2.05, 4.69) is 20.0 Å². The van der Waals surface area contributed by atoms with Gasteiger partial charge >= 0.3 is 6.61 Å². The van der Waals surface area contributed by atoms with Crippen LogP contribution in [0.5, 0.6) is 5.75 Å². The molecule has 0 saturated carbocycles. The average Bonchev–Trinajstić information content (AvgIpc) is 2.42. The van der Waals surface area contributed by atoms with Crippen molar-refractivity contribution in [1.29, 1.82) is 0 Å². The lowest BCUT2D eigenvalue weighted by Gasteiger charge is -2.11. The molecule has 5 nitrogen and oxygen atoms in total. The van der Waals surface area contributed by atoms with E-state index in [0.29, 0.717) is 5.56 Å². The Labute approximate surface area is 117 Å². The van der Waals surface area contributed by atoms with Gasteiger partial charge in [-0.25, -0.2) is 14.4 Å². The van der Waals surface area contributed by atoms with Gasteiger partial charge in [-0.05, 0) is 17.7 Å². The summed E-state index contributed by atoms with van der Waals surface area (Å²) in [5.74, 6) is -1.68. The first-order chi connectivity index (χ1) is 10.0. The van der Waals surface area contributed by atoms with Crippen molar-refractivity contribution < 1.29 is 22.7 Å². The summed E-state index contributed by atoms with van der Waals surface area (Å²) in [7, 11) is 0. The number of halogens is 3. The highest BCUT2D eigenvalue weighted by Crippen LogP contribution is 2.27. The van der Waals surface area contributed by atoms with E-state index >= 15 is 0 Å². The van der Waals surface area contributed by atoms with Gasteiger partial charge in [-0.3, -0.25) is 4.79 Å². The Morgan fingerprint density at radius 2 is 2.00 bits per heavy atom. The molecule has 0 saturated heterocycles. The van der Waals surface area contributed by atoms with Crippen molar-refractivity contribution in [2.24, 2.45) is 0 Å². The third-order valence-corrected chi connectivity index (χ3v) is 2.41. The van der Waals surface area contributed by atoms with Crippen LogP contribution in [0.1, 0.15) is 5.56 Å². The Morgan fingerprint density at radius 3 is 2.67 bits per heavy atom. The van der Waals surface area contributed by atoms with Crippen LogP contribution in [0.2, 0.25) is 0 Å². The summed E-state index contributed by atoms with van der Waals surface area (Å²) in [6.07, 6.45) is 4.17. The van der Waals surface area contributed by atoms with E-state index in [1.807, 2.05) is 0 Å². The molecule has 1 aromatic carbocycles. The molecule has 1 aromatic heterocycles. The third-order valence-electron chi connectivity index (χ3n) is 2.41. The van der Waals surface area contributed by atoms with E-state index in [1.54, 1.807) is 0 Å². The zero-order valence-electron chi connectivity index (χ0n) is 10.6. The number of ether oxygens (including phenoxy) is 1. The maximum atomic E-state index is 13.0. The van der Waals surface area contributed by atoms with Crippen molar-refractivity contribution in [3.8, 4) is 5.75 Å². The fourth-order valence-corrected chi connectivity index (χ4v) is 1.59. The Hall–Kier alpha value is -2.64. The molecule has 0 radical (unpaired) electrons. The number of anilines is 1. The van der Waals surface area contributed by atoms with Gasteiger partial charge in [0.05, 0.1) is 12.1 Å². The second kappa shape index (κ2) is 6.69. The molecule has 1 heterocycles. The molecule has 2 aromatic rings. The van der Waals surface area contributed by atoms with E-state index in [4.69, 9.17) is 0 Å². The summed E-state index contributed by atoms with van der Waals surface area (Å²) in [6.45, 7) is -3.12. The molecule has 2 rings (SSSR count). The number of nitrogens with zero attached hydrogens (tertiary/aromatic N) is 2. The largest absolute Gasteiger partial charge is 0.432 e. The van der Waals surface area contributed by atoms with Crippen molar-refractivity contribution in [3.05, 3.63) is 48.3 Å². The van der Waals surface area contributed by atoms with E-state index in [9.17, 15) is 18.0 Å². The molecule has 0 aliphatic carbocycles. The maximum absolute atomic E-state index is 13.0. The van der Waals surface area contributed by atoms with Crippen molar-refractivity contribution in [1.82, 2.24) is 9.97 Å². The molecule has 0 unspecified atom stereocenters. The van der Waals surface area contributed by atoms with Crippen LogP contribution in [0.15, 0.2) is 36.9 Å². The van der Waals surface area contributed by atoms with Gasteiger partial charge in [0.2, 0.25) is 5.91 Å². The highest BCUT2D eigenvalue weighted by molar-refractivity contribution is 5.93. The van der Waals surface area contributed by atoms with Gasteiger partial charge < -0.3 is 10.1 Å². The number of carbonyl (C=O) groups is 1. The summed E-state index contributed by atoms with van der Waals surface area (Å²) in [4.78, 5) is 19.3. The SMILES string of the molecule is O=C(Cc1cncnc1)Nc1ccc(F)cc1OC(F)F. The van der Waals surface area contributed by atoms with Gasteiger partial charge in [0.15, 0.2) is 5.75 Å². The molecule has 0 spiro atoms. The molecule has 110 valence electrons. The van der Waals surface area contributed by atoms with Crippen LogP contribution in [0.4, 0.5) is 18.9 Å². The van der Waals surface area contributed by atoms with Crippen molar-refractivity contribution in [2.75, 3.05) is 5.32 Å². The van der Waals surface area contributed by atoms with Crippen LogP contribution in [-0.2, 0) is 11.2 Å². The molecule has 0 aliphatic heterocycles. The lowest BCUT2D eigenvalue weighted by atomic mass is 10.2. The maximum Gasteiger partial charge on any atom is 0.387 e. The normalized spacial score (nSPS) is 10.5. The summed E-state index contributed by atoms with van der Waals surface area (Å²) >= 11 is 0. The molecule has 0 bridgehead atoms. The van der Waals surface area contributed by atoms with Crippen LogP contribution < -0.4 is 10.1 Å². The second-order valence-electron chi connectivity index (χ2n) is 3.99. The van der Waals surface area contributed by atoms with Crippen LogP contribution in [0.3, 0.4) is 0 Å². The monoisotopic (exact) mass is 297 g/mol. The molecule has 8 heteroatoms. The number of hydrogen-bond acceptors (Lipinski definition) is 4. The van der Waals surface area contributed by atoms with Crippen LogP contribution >= 0.6 is 0 Å². The van der Waals surface area contributed by atoms with Gasteiger partial charge in [0.1, 0.15) is 12.1 Å². The standard InChI is InChI=1S/C13H10F3N3O2/c14-9-1-2-10(11(4-9)21-13(15)16)19-12(20)3-8-5-17-7-18-6-8/h1-2,4-7,13H,3H2,(H,19,20). The number of carbonyl (C=O) groups excluding carboxylic acids is 1. The van der Waals surface area contributed by atoms with E-state index in [0.717, 1.165) is 18.2 Å². The van der Waals surface area contributed by atoms with Crippen LogP contribution in [0, 0.1) is 5.82 Å². The number of alkyl halides is 2.